The zero-order valence-corrected chi connectivity index (χ0v) is 23.3. The number of ketones is 2. The summed E-state index contributed by atoms with van der Waals surface area (Å²) in [5.41, 5.74) is 10.4. The van der Waals surface area contributed by atoms with Crippen LogP contribution in [0.2, 0.25) is 0 Å². The molecule has 0 unspecified atom stereocenters. The number of nitrogens with two attached hydrogens (primary N) is 2. The van der Waals surface area contributed by atoms with Crippen LogP contribution in [-0.4, -0.2) is 44.8 Å². The molecule has 38 heavy (non-hydrogen) atoms. The number of aliphatic hydroxyl groups is 2. The lowest BCUT2D eigenvalue weighted by molar-refractivity contribution is -0.200. The van der Waals surface area contributed by atoms with Crippen LogP contribution in [0.1, 0.15) is 67.2 Å². The first-order valence-corrected chi connectivity index (χ1v) is 13.3. The molecular formula is C30H42N2O6. The molecule has 0 aromatic rings. The summed E-state index contributed by atoms with van der Waals surface area (Å²) in [4.78, 5) is 52.0. The SMILES string of the molecule is CC(C)=CC[C@@H](CC(N)=O)[C@]1(O)C(=O)C=C(C)[C@H]2[C@@H]3C(=O)[C@@](O)([C@@H](CC=C(C)C)CC(N)=O)[C@@H](C=C3C)[C@H]21. The Labute approximate surface area is 224 Å². The molecule has 2 amide bonds. The van der Waals surface area contributed by atoms with Crippen molar-refractivity contribution >= 4 is 23.4 Å². The lowest BCUT2D eigenvalue weighted by Gasteiger charge is -2.61. The Morgan fingerprint density at radius 2 is 1.37 bits per heavy atom. The summed E-state index contributed by atoms with van der Waals surface area (Å²) < 4.78 is 0. The highest BCUT2D eigenvalue weighted by atomic mass is 16.3. The number of Topliss-reactive ketones (excluding diaryl/α,β-unsaturated/α-hetero) is 1. The van der Waals surface area contributed by atoms with Crippen LogP contribution in [0, 0.1) is 35.5 Å². The number of rotatable bonds is 10. The van der Waals surface area contributed by atoms with Gasteiger partial charge in [0.2, 0.25) is 11.8 Å². The van der Waals surface area contributed by atoms with E-state index in [2.05, 4.69) is 0 Å². The van der Waals surface area contributed by atoms with Crippen molar-refractivity contribution in [1.82, 2.24) is 0 Å². The fraction of sp³-hybridized carbons (Fsp3) is 0.600. The molecular weight excluding hydrogens is 484 g/mol. The van der Waals surface area contributed by atoms with Gasteiger partial charge in [-0.1, -0.05) is 40.5 Å². The highest BCUT2D eigenvalue weighted by Crippen LogP contribution is 2.62. The third-order valence-corrected chi connectivity index (χ3v) is 8.80. The fourth-order valence-electron chi connectivity index (χ4n) is 7.09. The zero-order chi connectivity index (χ0) is 28.7. The summed E-state index contributed by atoms with van der Waals surface area (Å²) in [6, 6.07) is 0. The summed E-state index contributed by atoms with van der Waals surface area (Å²) in [6.45, 7) is 11.1. The minimum absolute atomic E-state index is 0.221. The topological polar surface area (TPSA) is 161 Å². The van der Waals surface area contributed by atoms with Gasteiger partial charge in [0.05, 0.1) is 0 Å². The molecule has 0 aromatic heterocycles. The highest BCUT2D eigenvalue weighted by molar-refractivity contribution is 6.02. The van der Waals surface area contributed by atoms with Crippen LogP contribution in [-0.2, 0) is 19.2 Å². The Hall–Kier alpha value is -2.84. The summed E-state index contributed by atoms with van der Waals surface area (Å²) >= 11 is 0. The van der Waals surface area contributed by atoms with Gasteiger partial charge in [0.15, 0.2) is 11.6 Å². The van der Waals surface area contributed by atoms with Crippen molar-refractivity contribution in [3.05, 3.63) is 46.6 Å². The Morgan fingerprint density at radius 1 is 0.895 bits per heavy atom. The van der Waals surface area contributed by atoms with Gasteiger partial charge >= 0.3 is 0 Å². The molecule has 0 spiro atoms. The third-order valence-electron chi connectivity index (χ3n) is 8.80. The van der Waals surface area contributed by atoms with Crippen molar-refractivity contribution in [2.75, 3.05) is 0 Å². The van der Waals surface area contributed by atoms with Gasteiger partial charge in [-0.25, -0.2) is 0 Å². The second kappa shape index (κ2) is 10.7. The van der Waals surface area contributed by atoms with Crippen molar-refractivity contribution < 1.29 is 29.4 Å². The molecule has 0 aromatic carbocycles. The van der Waals surface area contributed by atoms with E-state index in [0.717, 1.165) is 16.7 Å². The maximum Gasteiger partial charge on any atom is 0.217 e. The van der Waals surface area contributed by atoms with E-state index in [0.29, 0.717) is 5.57 Å². The van der Waals surface area contributed by atoms with Crippen LogP contribution in [0.5, 0.6) is 0 Å². The number of carbonyl (C=O) groups is 4. The van der Waals surface area contributed by atoms with Crippen molar-refractivity contribution in [2.45, 2.75) is 78.4 Å². The average molecular weight is 527 g/mol. The second-order valence-electron chi connectivity index (χ2n) is 12.0. The first kappa shape index (κ1) is 29.7. The van der Waals surface area contributed by atoms with Crippen LogP contribution in [0.3, 0.4) is 0 Å². The van der Waals surface area contributed by atoms with E-state index in [1.807, 2.05) is 46.8 Å². The molecule has 6 N–H and O–H groups in total. The summed E-state index contributed by atoms with van der Waals surface area (Å²) in [6.07, 6.45) is 6.83. The molecule has 4 aliphatic rings. The predicted octanol–water partition coefficient (Wildman–Crippen LogP) is 2.68. The van der Waals surface area contributed by atoms with Gasteiger partial charge in [-0.2, -0.15) is 0 Å². The minimum Gasteiger partial charge on any atom is -0.381 e. The lowest BCUT2D eigenvalue weighted by Crippen LogP contribution is -2.72. The molecule has 0 heterocycles. The number of allylic oxidation sites excluding steroid dienone is 6. The Morgan fingerprint density at radius 3 is 1.82 bits per heavy atom. The standard InChI is InChI=1S/C30H42N2O6/c1-15(2)7-9-19(13-23(31)34)29(37)21-11-17(5)26(28(29)36)25-18(6)12-22(33)30(38,27(21)25)20(14-24(32)35)10-8-16(3)4/h7-8,11-12,19-21,25-27,37-38H,9-10,13-14H2,1-6H3,(H2,31,34)(H2,32,35)/t19-,20-,21-,25-,26+,27+,29+,30-/m0/s1. The average Bonchev–Trinajstić information content (AvgIpc) is 2.79. The second-order valence-corrected chi connectivity index (χ2v) is 12.0. The van der Waals surface area contributed by atoms with E-state index in [9.17, 15) is 29.4 Å². The molecule has 0 aliphatic heterocycles. The smallest absolute Gasteiger partial charge is 0.217 e. The third kappa shape index (κ3) is 4.96. The van der Waals surface area contributed by atoms with Crippen LogP contribution in [0.15, 0.2) is 46.6 Å². The van der Waals surface area contributed by atoms with Crippen LogP contribution in [0.25, 0.3) is 0 Å². The molecule has 8 nitrogen and oxygen atoms in total. The Kier molecular flexibility index (Phi) is 8.39. The predicted molar refractivity (Wildman–Crippen MR) is 144 cm³/mol. The molecule has 4 rings (SSSR count). The van der Waals surface area contributed by atoms with Gasteiger partial charge in [0.1, 0.15) is 11.2 Å². The summed E-state index contributed by atoms with van der Waals surface area (Å²) in [5.74, 6) is -7.20. The number of amides is 2. The van der Waals surface area contributed by atoms with Crippen LogP contribution in [0.4, 0.5) is 0 Å². The van der Waals surface area contributed by atoms with Crippen LogP contribution < -0.4 is 11.5 Å². The fourth-order valence-corrected chi connectivity index (χ4v) is 7.09. The molecule has 4 aliphatic carbocycles. The monoisotopic (exact) mass is 526 g/mol. The molecule has 0 saturated heterocycles. The van der Waals surface area contributed by atoms with Crippen molar-refractivity contribution in [1.29, 1.82) is 0 Å². The lowest BCUT2D eigenvalue weighted by atomic mass is 9.43. The van der Waals surface area contributed by atoms with Gasteiger partial charge in [-0.05, 0) is 60.5 Å². The molecule has 2 bridgehead atoms. The Balaban J connectivity index is 2.27. The molecule has 1 fully saturated rings. The van der Waals surface area contributed by atoms with E-state index in [-0.39, 0.29) is 25.7 Å². The van der Waals surface area contributed by atoms with Crippen molar-refractivity contribution in [3.8, 4) is 0 Å². The van der Waals surface area contributed by atoms with Gasteiger partial charge in [0, 0.05) is 48.3 Å². The van der Waals surface area contributed by atoms with Crippen molar-refractivity contribution in [3.63, 3.8) is 0 Å². The molecule has 1 saturated carbocycles. The number of fused-ring (bicyclic) bond motifs is 1. The quantitative estimate of drug-likeness (QED) is 0.320. The maximum absolute atomic E-state index is 14.1. The minimum atomic E-state index is -2.06. The molecule has 208 valence electrons. The van der Waals surface area contributed by atoms with E-state index in [1.54, 1.807) is 13.0 Å². The Bertz CT molecular complexity index is 1160. The summed E-state index contributed by atoms with van der Waals surface area (Å²) in [7, 11) is 0. The maximum atomic E-state index is 14.1. The van der Waals surface area contributed by atoms with E-state index >= 15 is 0 Å². The van der Waals surface area contributed by atoms with E-state index < -0.39 is 70.1 Å². The first-order chi connectivity index (χ1) is 17.6. The normalized spacial score (nSPS) is 33.5. The highest BCUT2D eigenvalue weighted by Gasteiger charge is 2.70. The van der Waals surface area contributed by atoms with E-state index in [4.69, 9.17) is 11.5 Å². The number of primary amides is 2. The molecule has 8 heteroatoms. The number of carbonyl (C=O) groups excluding carboxylic acids is 4. The molecule has 0 radical (unpaired) electrons. The number of hydrogen-bond donors (Lipinski definition) is 4. The van der Waals surface area contributed by atoms with Crippen LogP contribution >= 0.6 is 0 Å². The van der Waals surface area contributed by atoms with Gasteiger partial charge < -0.3 is 21.7 Å². The van der Waals surface area contributed by atoms with Gasteiger partial charge in [-0.3, -0.25) is 19.2 Å². The first-order valence-electron chi connectivity index (χ1n) is 13.3. The molecule has 8 atom stereocenters. The largest absolute Gasteiger partial charge is 0.381 e. The zero-order valence-electron chi connectivity index (χ0n) is 23.3. The van der Waals surface area contributed by atoms with Gasteiger partial charge in [-0.15, -0.1) is 0 Å². The van der Waals surface area contributed by atoms with Gasteiger partial charge in [0.25, 0.3) is 0 Å². The van der Waals surface area contributed by atoms with Crippen molar-refractivity contribution in [2.24, 2.45) is 47.0 Å². The number of hydrogen-bond acceptors (Lipinski definition) is 6. The van der Waals surface area contributed by atoms with E-state index in [1.165, 1.54) is 6.08 Å². The summed E-state index contributed by atoms with van der Waals surface area (Å²) in [5, 5.41) is 24.7.